The minimum absolute atomic E-state index is 0.203. The van der Waals surface area contributed by atoms with Gasteiger partial charge in [-0.25, -0.2) is 6.57 Å². The molecule has 2 rings (SSSR count). The third-order valence-corrected chi connectivity index (χ3v) is 3.41. The van der Waals surface area contributed by atoms with Crippen LogP contribution in [-0.4, -0.2) is 13.1 Å². The van der Waals surface area contributed by atoms with Gasteiger partial charge in [0.2, 0.25) is 6.54 Å². The number of nitrogens with zero attached hydrogens (tertiary/aromatic N) is 1. The lowest BCUT2D eigenvalue weighted by Crippen LogP contribution is -2.01. The van der Waals surface area contributed by atoms with Crippen LogP contribution in [0.5, 0.6) is 0 Å². The molecular formula is C20H17NO2. The Morgan fingerprint density at radius 1 is 1.13 bits per heavy atom. The van der Waals surface area contributed by atoms with Gasteiger partial charge in [0.05, 0.1) is 7.11 Å². The van der Waals surface area contributed by atoms with E-state index in [2.05, 4.69) is 21.4 Å². The Labute approximate surface area is 136 Å². The second-order valence-electron chi connectivity index (χ2n) is 5.00. The third kappa shape index (κ3) is 5.02. The molecule has 0 aromatic heterocycles. The van der Waals surface area contributed by atoms with Crippen molar-refractivity contribution in [3.05, 3.63) is 82.2 Å². The van der Waals surface area contributed by atoms with Gasteiger partial charge in [-0.3, -0.25) is 4.79 Å². The van der Waals surface area contributed by atoms with E-state index in [1.54, 1.807) is 0 Å². The van der Waals surface area contributed by atoms with Crippen molar-refractivity contribution >= 4 is 5.97 Å². The molecule has 0 N–H and O–H groups in total. The largest absolute Gasteiger partial charge is 0.469 e. The Morgan fingerprint density at radius 3 is 2.57 bits per heavy atom. The monoisotopic (exact) mass is 303 g/mol. The molecule has 0 amide bonds. The van der Waals surface area contributed by atoms with E-state index < -0.39 is 0 Å². The Balaban J connectivity index is 2.08. The van der Waals surface area contributed by atoms with E-state index in [9.17, 15) is 4.79 Å². The van der Waals surface area contributed by atoms with Gasteiger partial charge in [0.25, 0.3) is 0 Å². The molecule has 0 radical (unpaired) electrons. The van der Waals surface area contributed by atoms with Gasteiger partial charge in [-0.05, 0) is 30.2 Å². The molecule has 0 bridgehead atoms. The van der Waals surface area contributed by atoms with Gasteiger partial charge in [0.15, 0.2) is 0 Å². The van der Waals surface area contributed by atoms with Crippen LogP contribution in [0.15, 0.2) is 48.5 Å². The van der Waals surface area contributed by atoms with Gasteiger partial charge in [-0.2, -0.15) is 0 Å². The average Bonchev–Trinajstić information content (AvgIpc) is 2.60. The lowest BCUT2D eigenvalue weighted by molar-refractivity contribution is -0.140. The lowest BCUT2D eigenvalue weighted by Gasteiger charge is -2.00. The first kappa shape index (κ1) is 16.3. The first-order valence-electron chi connectivity index (χ1n) is 7.32. The first-order valence-corrected chi connectivity index (χ1v) is 7.32. The highest BCUT2D eigenvalue weighted by atomic mass is 16.5. The van der Waals surface area contributed by atoms with Gasteiger partial charge in [-0.1, -0.05) is 42.2 Å². The lowest BCUT2D eigenvalue weighted by atomic mass is 10.1. The van der Waals surface area contributed by atoms with Crippen molar-refractivity contribution in [2.45, 2.75) is 19.4 Å². The fraction of sp³-hybridized carbons (Fsp3) is 0.200. The number of hydrogen-bond donors (Lipinski definition) is 0. The maximum Gasteiger partial charge on any atom is 0.305 e. The first-order chi connectivity index (χ1) is 11.2. The third-order valence-electron chi connectivity index (χ3n) is 3.41. The van der Waals surface area contributed by atoms with E-state index in [4.69, 9.17) is 6.57 Å². The number of rotatable bonds is 4. The Kier molecular flexibility index (Phi) is 5.98. The highest BCUT2D eigenvalue weighted by Crippen LogP contribution is 2.10. The Morgan fingerprint density at radius 2 is 1.87 bits per heavy atom. The van der Waals surface area contributed by atoms with Crippen LogP contribution in [-0.2, 0) is 22.5 Å². The van der Waals surface area contributed by atoms with Crippen molar-refractivity contribution in [1.29, 1.82) is 0 Å². The van der Waals surface area contributed by atoms with Crippen LogP contribution in [0.2, 0.25) is 0 Å². The van der Waals surface area contributed by atoms with Crippen LogP contribution >= 0.6 is 0 Å². The molecule has 2 aromatic carbocycles. The number of methoxy groups -OCH3 is 1. The van der Waals surface area contributed by atoms with Gasteiger partial charge in [0, 0.05) is 23.1 Å². The van der Waals surface area contributed by atoms with Crippen LogP contribution in [0.4, 0.5) is 0 Å². The summed E-state index contributed by atoms with van der Waals surface area (Å²) in [7, 11) is 1.40. The molecule has 0 aliphatic rings. The summed E-state index contributed by atoms with van der Waals surface area (Å²) in [5.74, 6) is 6.04. The van der Waals surface area contributed by atoms with E-state index >= 15 is 0 Å². The van der Waals surface area contributed by atoms with Crippen molar-refractivity contribution in [3.8, 4) is 11.8 Å². The number of esters is 1. The molecule has 3 nitrogen and oxygen atoms in total. The second-order valence-corrected chi connectivity index (χ2v) is 5.00. The van der Waals surface area contributed by atoms with Crippen LogP contribution in [0.1, 0.15) is 28.7 Å². The summed E-state index contributed by atoms with van der Waals surface area (Å²) in [6, 6.07) is 15.5. The molecule has 0 saturated heterocycles. The van der Waals surface area contributed by atoms with Gasteiger partial charge < -0.3 is 9.58 Å². The topological polar surface area (TPSA) is 30.7 Å². The number of aryl methyl sites for hydroxylation is 1. The van der Waals surface area contributed by atoms with Crippen molar-refractivity contribution in [2.75, 3.05) is 7.11 Å². The average molecular weight is 303 g/mol. The zero-order valence-electron chi connectivity index (χ0n) is 13.0. The maximum absolute atomic E-state index is 11.1. The van der Waals surface area contributed by atoms with Crippen molar-refractivity contribution in [2.24, 2.45) is 0 Å². The van der Waals surface area contributed by atoms with E-state index in [0.717, 1.165) is 22.3 Å². The molecule has 0 atom stereocenters. The molecule has 3 heteroatoms. The van der Waals surface area contributed by atoms with Gasteiger partial charge >= 0.3 is 5.97 Å². The molecule has 0 heterocycles. The summed E-state index contributed by atoms with van der Waals surface area (Å²) in [5.41, 5.74) is 3.82. The van der Waals surface area contributed by atoms with E-state index in [1.807, 2.05) is 48.5 Å². The molecule has 0 spiro atoms. The van der Waals surface area contributed by atoms with E-state index in [0.29, 0.717) is 19.4 Å². The highest BCUT2D eigenvalue weighted by molar-refractivity contribution is 5.69. The normalized spacial score (nSPS) is 9.39. The number of carbonyl (C=O) groups is 1. The maximum atomic E-state index is 11.1. The smallest absolute Gasteiger partial charge is 0.305 e. The predicted octanol–water partition coefficient (Wildman–Crippen LogP) is 3.61. The van der Waals surface area contributed by atoms with Crippen LogP contribution in [0, 0.1) is 18.4 Å². The summed E-state index contributed by atoms with van der Waals surface area (Å²) < 4.78 is 4.63. The zero-order chi connectivity index (χ0) is 16.5. The molecule has 0 aliphatic heterocycles. The quantitative estimate of drug-likeness (QED) is 0.491. The highest BCUT2D eigenvalue weighted by Gasteiger charge is 2.02. The summed E-state index contributed by atoms with van der Waals surface area (Å²) in [4.78, 5) is 14.6. The predicted molar refractivity (Wildman–Crippen MR) is 89.5 cm³/mol. The molecule has 0 aliphatic carbocycles. The van der Waals surface area contributed by atoms with Crippen molar-refractivity contribution < 1.29 is 9.53 Å². The second kappa shape index (κ2) is 8.41. The number of benzene rings is 2. The molecule has 23 heavy (non-hydrogen) atoms. The molecule has 0 fully saturated rings. The van der Waals surface area contributed by atoms with Crippen LogP contribution in [0.3, 0.4) is 0 Å². The Hall–Kier alpha value is -3.04. The Bertz CT molecular complexity index is 774. The van der Waals surface area contributed by atoms with Gasteiger partial charge in [-0.15, -0.1) is 0 Å². The number of carbonyl (C=O) groups excluding carboxylic acids is 1. The molecule has 0 saturated carbocycles. The van der Waals surface area contributed by atoms with Gasteiger partial charge in [0.1, 0.15) is 0 Å². The number of ether oxygens (including phenoxy) is 1. The van der Waals surface area contributed by atoms with Crippen molar-refractivity contribution in [3.63, 3.8) is 0 Å². The standard InChI is InChI=1S/C20H17NO2/c1-21-15-19-6-4-3-5-18(19)13-11-16-7-9-17(10-8-16)12-14-20(22)23-2/h3-10H,12,14-15H2,2H3. The molecule has 0 unspecified atom stereocenters. The summed E-state index contributed by atoms with van der Waals surface area (Å²) in [6.45, 7) is 7.33. The fourth-order valence-corrected chi connectivity index (χ4v) is 2.11. The summed E-state index contributed by atoms with van der Waals surface area (Å²) >= 11 is 0. The SMILES string of the molecule is [C-]#[N+]Cc1ccccc1C#Cc1ccc(CCC(=O)OC)cc1. The minimum Gasteiger partial charge on any atom is -0.469 e. The zero-order valence-corrected chi connectivity index (χ0v) is 13.0. The fourth-order valence-electron chi connectivity index (χ4n) is 2.11. The molecule has 114 valence electrons. The van der Waals surface area contributed by atoms with Crippen LogP contribution in [0.25, 0.3) is 4.85 Å². The van der Waals surface area contributed by atoms with Crippen molar-refractivity contribution in [1.82, 2.24) is 0 Å². The summed E-state index contributed by atoms with van der Waals surface area (Å²) in [5, 5.41) is 0. The number of hydrogen-bond acceptors (Lipinski definition) is 2. The molecule has 2 aromatic rings. The van der Waals surface area contributed by atoms with E-state index in [-0.39, 0.29) is 5.97 Å². The van der Waals surface area contributed by atoms with E-state index in [1.165, 1.54) is 7.11 Å². The summed E-state index contributed by atoms with van der Waals surface area (Å²) in [6.07, 6.45) is 1.04. The molecular weight excluding hydrogens is 286 g/mol. The van der Waals surface area contributed by atoms with Crippen LogP contribution < -0.4 is 0 Å². The minimum atomic E-state index is -0.203.